The van der Waals surface area contributed by atoms with E-state index in [0.717, 1.165) is 18.4 Å². The topological polar surface area (TPSA) is 55.1 Å². The fraction of sp³-hybridized carbons (Fsp3) is 0.267. The molecule has 0 saturated heterocycles. The molecule has 1 unspecified atom stereocenters. The van der Waals surface area contributed by atoms with Crippen molar-refractivity contribution >= 4 is 22.9 Å². The Balaban J connectivity index is 2.02. The lowest BCUT2D eigenvalue weighted by atomic mass is 9.79. The maximum atomic E-state index is 13.0. The number of hydrogen-bond acceptors (Lipinski definition) is 3. The highest BCUT2D eigenvalue weighted by molar-refractivity contribution is 7.10. The Hall–Kier alpha value is -1.88. The maximum absolute atomic E-state index is 13.0. The van der Waals surface area contributed by atoms with E-state index in [4.69, 9.17) is 5.73 Å². The van der Waals surface area contributed by atoms with Crippen LogP contribution in [0.15, 0.2) is 35.7 Å². The summed E-state index contributed by atoms with van der Waals surface area (Å²) in [5.41, 5.74) is 6.46. The number of halogens is 1. The molecule has 3 N–H and O–H groups in total. The number of nitrogens with one attached hydrogen (secondary N) is 1. The molecule has 5 heteroatoms. The third kappa shape index (κ3) is 2.08. The number of aryl methyl sites for hydroxylation is 1. The molecule has 1 atom stereocenters. The molecule has 1 amide bonds. The van der Waals surface area contributed by atoms with Crippen molar-refractivity contribution in [1.29, 1.82) is 0 Å². The Morgan fingerprint density at radius 3 is 2.75 bits per heavy atom. The van der Waals surface area contributed by atoms with Crippen molar-refractivity contribution in [2.75, 3.05) is 5.32 Å². The summed E-state index contributed by atoms with van der Waals surface area (Å²) in [5.74, 6) is -0.690. The molecule has 0 saturated carbocycles. The van der Waals surface area contributed by atoms with E-state index in [9.17, 15) is 9.18 Å². The smallest absolute Gasteiger partial charge is 0.247 e. The number of nitrogens with two attached hydrogens (primary N) is 1. The monoisotopic (exact) mass is 290 g/mol. The van der Waals surface area contributed by atoms with Gasteiger partial charge in [-0.2, -0.15) is 0 Å². The minimum Gasteiger partial charge on any atom is -0.368 e. The van der Waals surface area contributed by atoms with Gasteiger partial charge in [-0.3, -0.25) is 4.79 Å². The number of carbonyl (C=O) groups excluding carboxylic acids is 1. The number of anilines is 1. The van der Waals surface area contributed by atoms with Gasteiger partial charge in [-0.1, -0.05) is 0 Å². The van der Waals surface area contributed by atoms with E-state index in [2.05, 4.69) is 5.32 Å². The third-order valence-corrected chi connectivity index (χ3v) is 4.76. The van der Waals surface area contributed by atoms with Crippen molar-refractivity contribution in [3.8, 4) is 0 Å². The molecule has 0 spiro atoms. The zero-order valence-corrected chi connectivity index (χ0v) is 11.7. The first kappa shape index (κ1) is 13.1. The van der Waals surface area contributed by atoms with Crippen LogP contribution in [0.2, 0.25) is 0 Å². The first-order chi connectivity index (χ1) is 9.62. The summed E-state index contributed by atoms with van der Waals surface area (Å²) >= 11 is 1.65. The lowest BCUT2D eigenvalue weighted by molar-refractivity contribution is -0.123. The second-order valence-corrected chi connectivity index (χ2v) is 6.01. The Morgan fingerprint density at radius 1 is 1.30 bits per heavy atom. The highest BCUT2D eigenvalue weighted by atomic mass is 32.1. The summed E-state index contributed by atoms with van der Waals surface area (Å²) in [5, 5.41) is 5.21. The molecule has 0 aliphatic heterocycles. The van der Waals surface area contributed by atoms with Gasteiger partial charge in [0.25, 0.3) is 0 Å². The van der Waals surface area contributed by atoms with Crippen molar-refractivity contribution in [3.63, 3.8) is 0 Å². The van der Waals surface area contributed by atoms with Crippen molar-refractivity contribution < 1.29 is 9.18 Å². The van der Waals surface area contributed by atoms with Crippen LogP contribution in [0.25, 0.3) is 0 Å². The molecule has 1 aromatic heterocycles. The van der Waals surface area contributed by atoms with E-state index in [0.29, 0.717) is 12.1 Å². The molecule has 3 rings (SSSR count). The first-order valence-corrected chi connectivity index (χ1v) is 7.40. The van der Waals surface area contributed by atoms with Gasteiger partial charge in [0.05, 0.1) is 0 Å². The summed E-state index contributed by atoms with van der Waals surface area (Å²) in [6.07, 6.45) is 2.54. The van der Waals surface area contributed by atoms with Gasteiger partial charge >= 0.3 is 0 Å². The highest BCUT2D eigenvalue weighted by Gasteiger charge is 2.42. The van der Waals surface area contributed by atoms with Crippen molar-refractivity contribution in [1.82, 2.24) is 0 Å². The molecule has 0 bridgehead atoms. The molecule has 20 heavy (non-hydrogen) atoms. The summed E-state index contributed by atoms with van der Waals surface area (Å²) in [6.45, 7) is 0. The van der Waals surface area contributed by atoms with Crippen molar-refractivity contribution in [2.45, 2.75) is 24.8 Å². The quantitative estimate of drug-likeness (QED) is 0.913. The van der Waals surface area contributed by atoms with Gasteiger partial charge in [0, 0.05) is 16.1 Å². The highest BCUT2D eigenvalue weighted by Crippen LogP contribution is 2.40. The number of fused-ring (bicyclic) bond motifs is 1. The molecule has 1 aliphatic rings. The summed E-state index contributed by atoms with van der Waals surface area (Å²) in [7, 11) is 0. The van der Waals surface area contributed by atoms with Crippen LogP contribution in [0, 0.1) is 5.82 Å². The molecule has 104 valence electrons. The van der Waals surface area contributed by atoms with E-state index in [-0.39, 0.29) is 11.7 Å². The Bertz CT molecular complexity index is 638. The van der Waals surface area contributed by atoms with Crippen molar-refractivity contribution in [3.05, 3.63) is 52.0 Å². The average molecular weight is 290 g/mol. The van der Waals surface area contributed by atoms with E-state index in [1.165, 1.54) is 17.0 Å². The van der Waals surface area contributed by atoms with Gasteiger partial charge in [0.1, 0.15) is 11.4 Å². The van der Waals surface area contributed by atoms with E-state index in [1.807, 2.05) is 11.4 Å². The number of benzene rings is 1. The molecule has 1 heterocycles. The van der Waals surface area contributed by atoms with Crippen LogP contribution in [0.1, 0.15) is 23.3 Å². The third-order valence-electron chi connectivity index (χ3n) is 3.78. The molecule has 0 radical (unpaired) electrons. The van der Waals surface area contributed by atoms with Gasteiger partial charge in [0.15, 0.2) is 0 Å². The van der Waals surface area contributed by atoms with E-state index in [1.54, 1.807) is 23.5 Å². The van der Waals surface area contributed by atoms with Gasteiger partial charge in [-0.05, 0) is 55.0 Å². The van der Waals surface area contributed by atoms with Crippen LogP contribution in [0.3, 0.4) is 0 Å². The molecular weight excluding hydrogens is 275 g/mol. The normalized spacial score (nSPS) is 21.2. The first-order valence-electron chi connectivity index (χ1n) is 6.52. The molecule has 1 aromatic carbocycles. The predicted molar refractivity (Wildman–Crippen MR) is 78.2 cm³/mol. The van der Waals surface area contributed by atoms with Crippen LogP contribution < -0.4 is 11.1 Å². The van der Waals surface area contributed by atoms with Crippen LogP contribution >= 0.6 is 11.3 Å². The zero-order valence-electron chi connectivity index (χ0n) is 10.9. The number of rotatable bonds is 3. The van der Waals surface area contributed by atoms with Crippen LogP contribution in [0.4, 0.5) is 10.1 Å². The SMILES string of the molecule is NC(=O)C1(Nc2ccc(F)cc2)CCCc2sccc21. The standard InChI is InChI=1S/C15H15FN2OS/c16-10-3-5-11(6-4-10)18-15(14(17)19)8-1-2-13-12(15)7-9-20-13/h3-7,9,18H,1-2,8H2,(H2,17,19). The fourth-order valence-corrected chi connectivity index (χ4v) is 3.79. The van der Waals surface area contributed by atoms with Gasteiger partial charge in [-0.15, -0.1) is 11.3 Å². The summed E-state index contributed by atoms with van der Waals surface area (Å²) < 4.78 is 13.0. The largest absolute Gasteiger partial charge is 0.368 e. The predicted octanol–water partition coefficient (Wildman–Crippen LogP) is 3.02. The van der Waals surface area contributed by atoms with E-state index >= 15 is 0 Å². The van der Waals surface area contributed by atoms with Gasteiger partial charge in [-0.25, -0.2) is 4.39 Å². The number of amides is 1. The molecule has 1 aliphatic carbocycles. The lowest BCUT2D eigenvalue weighted by Gasteiger charge is -2.36. The van der Waals surface area contributed by atoms with Gasteiger partial charge < -0.3 is 11.1 Å². The molecule has 3 nitrogen and oxygen atoms in total. The van der Waals surface area contributed by atoms with Crippen LogP contribution in [-0.2, 0) is 16.8 Å². The molecule has 2 aromatic rings. The zero-order chi connectivity index (χ0) is 14.2. The van der Waals surface area contributed by atoms with Gasteiger partial charge in [0.2, 0.25) is 5.91 Å². The average Bonchev–Trinajstić information content (AvgIpc) is 2.91. The number of hydrogen-bond donors (Lipinski definition) is 2. The fourth-order valence-electron chi connectivity index (χ4n) is 2.79. The second-order valence-electron chi connectivity index (χ2n) is 5.01. The number of primary amides is 1. The summed E-state index contributed by atoms with van der Waals surface area (Å²) in [4.78, 5) is 13.3. The lowest BCUT2D eigenvalue weighted by Crippen LogP contribution is -2.49. The molecule has 0 fully saturated rings. The Morgan fingerprint density at radius 2 is 2.05 bits per heavy atom. The second kappa shape index (κ2) is 4.90. The van der Waals surface area contributed by atoms with Crippen LogP contribution in [0.5, 0.6) is 0 Å². The number of thiophene rings is 1. The Kier molecular flexibility index (Phi) is 3.22. The summed E-state index contributed by atoms with van der Waals surface area (Å²) in [6, 6.07) is 7.95. The number of carbonyl (C=O) groups is 1. The minimum absolute atomic E-state index is 0.302. The molecular formula is C15H15FN2OS. The van der Waals surface area contributed by atoms with E-state index < -0.39 is 5.54 Å². The van der Waals surface area contributed by atoms with Crippen molar-refractivity contribution in [2.24, 2.45) is 5.73 Å². The Labute approximate surface area is 120 Å². The minimum atomic E-state index is -0.884. The van der Waals surface area contributed by atoms with Crippen LogP contribution in [-0.4, -0.2) is 5.91 Å². The maximum Gasteiger partial charge on any atom is 0.247 e.